The van der Waals surface area contributed by atoms with Gasteiger partial charge in [-0.15, -0.1) is 0 Å². The Balaban J connectivity index is 0.000000149. The van der Waals surface area contributed by atoms with Gasteiger partial charge in [-0.2, -0.15) is 0 Å². The second-order valence-electron chi connectivity index (χ2n) is 50.0. The van der Waals surface area contributed by atoms with Crippen molar-refractivity contribution in [3.05, 3.63) is 344 Å². The summed E-state index contributed by atoms with van der Waals surface area (Å²) in [7, 11) is 0. The third-order valence-corrected chi connectivity index (χ3v) is 39.1. The van der Waals surface area contributed by atoms with Crippen molar-refractivity contribution in [1.29, 1.82) is 0 Å². The molecule has 800 valence electrons. The van der Waals surface area contributed by atoms with Gasteiger partial charge in [-0.3, -0.25) is 0 Å². The SMILES string of the molecule is CC1CCC2CC(C)CCC2C1.Cc1cc2c(c(C)c1C)CC(C)CC2.Cc1cc2c(c(C)c1C)CC(C)CC2.Cc1cc2c(c(C)c1C)OC(C)CC2.Cc1cc2c(c(C)c1C)OC(C)CC2.Cc1ccc2c(c1C)C(C)(C)C(C)C2.Cc1ccc2c(c1C)C(C)(C)C(C)C2.Cc1ccc2c(c1C)COc1c-2ccc(C)c1C.Cc1ccc2c(c1C)COc1c-2ccc(C)c1C.Cc1ccc2c(oc3c(C)c(C)ccc32)c1C.[HH].[HH]. The molecule has 4 aliphatic heterocycles. The number of rotatable bonds is 0. The van der Waals surface area contributed by atoms with Gasteiger partial charge in [0.25, 0.3) is 0 Å². The van der Waals surface area contributed by atoms with E-state index < -0.39 is 0 Å². The smallest absolute Gasteiger partial charge is 0.138 e. The van der Waals surface area contributed by atoms with E-state index in [0.717, 1.165) is 94.3 Å². The van der Waals surface area contributed by atoms with Crippen LogP contribution < -0.4 is 18.9 Å². The largest absolute Gasteiger partial charge is 0.490 e. The van der Waals surface area contributed by atoms with Crippen molar-refractivity contribution in [3.8, 4) is 45.3 Å². The van der Waals surface area contributed by atoms with Crippen LogP contribution >= 0.6 is 0 Å². The van der Waals surface area contributed by atoms with Crippen molar-refractivity contribution >= 4 is 21.9 Å². The zero-order chi connectivity index (χ0) is 109. The molecule has 5 nitrogen and oxygen atoms in total. The lowest BCUT2D eigenvalue weighted by Crippen LogP contribution is -2.29. The first-order valence-electron chi connectivity index (χ1n) is 57.7. The summed E-state index contributed by atoms with van der Waals surface area (Å²) in [5.41, 5.74) is 65.0. The normalized spacial score (nSPS) is 20.4. The molecule has 23 rings (SSSR count). The summed E-state index contributed by atoms with van der Waals surface area (Å²) < 4.78 is 29.9. The summed E-state index contributed by atoms with van der Waals surface area (Å²) >= 11 is 0. The van der Waals surface area contributed by atoms with Crippen LogP contribution in [0.3, 0.4) is 0 Å². The molecule has 5 heterocycles. The molecule has 0 spiro atoms. The average molecular weight is 2010 g/mol. The van der Waals surface area contributed by atoms with Crippen LogP contribution in [0, 0.1) is 241 Å². The lowest BCUT2D eigenvalue weighted by molar-refractivity contribution is 0.109. The summed E-state index contributed by atoms with van der Waals surface area (Å²) in [6, 6.07) is 44.8. The van der Waals surface area contributed by atoms with Gasteiger partial charge in [0, 0.05) is 35.9 Å². The number of aryl methyl sites for hydroxylation is 18. The number of hydrogen-bond acceptors (Lipinski definition) is 5. The van der Waals surface area contributed by atoms with Crippen molar-refractivity contribution in [3.63, 3.8) is 0 Å². The van der Waals surface area contributed by atoms with Gasteiger partial charge >= 0.3 is 0 Å². The molecule has 10 unspecified atom stereocenters. The van der Waals surface area contributed by atoms with Crippen molar-refractivity contribution in [2.75, 3.05) is 0 Å². The van der Waals surface area contributed by atoms with E-state index in [1.807, 2.05) is 0 Å². The van der Waals surface area contributed by atoms with Crippen molar-refractivity contribution in [2.45, 2.75) is 429 Å². The zero-order valence-corrected chi connectivity index (χ0v) is 101. The molecule has 13 aromatic rings. The van der Waals surface area contributed by atoms with Crippen LogP contribution in [0.1, 0.15) is 373 Å². The van der Waals surface area contributed by atoms with Gasteiger partial charge in [-0.05, 0) is 591 Å². The average Bonchev–Trinajstić information content (AvgIpc) is 1.67. The van der Waals surface area contributed by atoms with E-state index in [1.165, 1.54) is 303 Å². The summed E-state index contributed by atoms with van der Waals surface area (Å²) in [4.78, 5) is 0. The fraction of sp³-hybridized carbons (Fsp3) is 0.500. The Kier molecular flexibility index (Phi) is 36.4. The van der Waals surface area contributed by atoms with Gasteiger partial charge in [0.1, 0.15) is 47.4 Å². The fourth-order valence-corrected chi connectivity index (χ4v) is 25.9. The summed E-state index contributed by atoms with van der Waals surface area (Å²) in [5, 5.41) is 2.46. The van der Waals surface area contributed by atoms with Gasteiger partial charge in [0.05, 0.1) is 12.2 Å². The second kappa shape index (κ2) is 47.5. The molecule has 0 N–H and O–H groups in total. The predicted molar refractivity (Wildman–Crippen MR) is 646 cm³/mol. The van der Waals surface area contributed by atoms with Gasteiger partial charge in [0.15, 0.2) is 0 Å². The van der Waals surface area contributed by atoms with E-state index in [0.29, 0.717) is 36.3 Å². The monoisotopic (exact) mass is 2000 g/mol. The van der Waals surface area contributed by atoms with Crippen LogP contribution in [0.15, 0.2) is 126 Å². The zero-order valence-electron chi connectivity index (χ0n) is 101. The highest BCUT2D eigenvalue weighted by molar-refractivity contribution is 6.07. The quantitative estimate of drug-likeness (QED) is 0.151. The highest BCUT2D eigenvalue weighted by Crippen LogP contribution is 2.51. The van der Waals surface area contributed by atoms with E-state index >= 15 is 0 Å². The topological polar surface area (TPSA) is 50.1 Å². The number of benzene rings is 12. The van der Waals surface area contributed by atoms with Gasteiger partial charge in [-0.1, -0.05) is 203 Å². The fourth-order valence-electron chi connectivity index (χ4n) is 25.9. The summed E-state index contributed by atoms with van der Waals surface area (Å²) in [6.07, 6.45) is 25.0. The third kappa shape index (κ3) is 24.5. The molecule has 0 saturated heterocycles. The van der Waals surface area contributed by atoms with E-state index in [-0.39, 0.29) is 2.85 Å². The van der Waals surface area contributed by atoms with Crippen molar-refractivity contribution in [2.24, 2.45) is 47.3 Å². The maximum Gasteiger partial charge on any atom is 0.138 e. The Hall–Kier alpha value is -10.4. The Bertz CT molecular complexity index is 6430. The Morgan fingerprint density at radius 2 is 0.530 bits per heavy atom. The number of fused-ring (bicyclic) bond motifs is 16. The van der Waals surface area contributed by atoms with Crippen LogP contribution in [0.4, 0.5) is 0 Å². The highest BCUT2D eigenvalue weighted by atomic mass is 16.5. The number of ether oxygens (including phenoxy) is 4. The first-order valence-corrected chi connectivity index (χ1v) is 57.7. The minimum Gasteiger partial charge on any atom is -0.490 e. The van der Waals surface area contributed by atoms with Crippen molar-refractivity contribution < 1.29 is 26.2 Å². The summed E-state index contributed by atoms with van der Waals surface area (Å²) in [5.74, 6) is 12.0. The minimum absolute atomic E-state index is 0. The Morgan fingerprint density at radius 1 is 0.235 bits per heavy atom. The van der Waals surface area contributed by atoms with E-state index in [2.05, 4.69) is 398 Å². The van der Waals surface area contributed by atoms with Crippen LogP contribution in [0.25, 0.3) is 44.2 Å². The van der Waals surface area contributed by atoms with E-state index in [9.17, 15) is 0 Å². The van der Waals surface area contributed by atoms with Crippen LogP contribution in [0.2, 0.25) is 0 Å². The third-order valence-electron chi connectivity index (χ3n) is 39.1. The van der Waals surface area contributed by atoms with Crippen LogP contribution in [0.5, 0.6) is 23.0 Å². The molecule has 0 bridgehead atoms. The molecule has 0 amide bonds. The number of hydrogen-bond donors (Lipinski definition) is 0. The minimum atomic E-state index is 0. The van der Waals surface area contributed by atoms with E-state index in [1.54, 1.807) is 55.6 Å². The standard InChI is InChI=1S/2C17H18O.C16H16O.4C14H20.2C13H18O.C12H22.2H2/c2*1-10-5-7-14-15-8-6-11(2)13(4)17(15)18-9-16(14)12(10)3;1-9-5-7-13-14-8-6-10(2)12(4)16(14)17-15(13)11(9)3;2*1-9-6-7-12-8-10(2)14(4,5)13(12)11(9)3;2*1-9-5-6-13-8-10(2)11(3)12(4)14(13)7-9;2*1-8-7-12-6-5-9(2)14-13(12)11(4)10(8)3;1-9-3-5-12-8-10(2)4-6-11(12)7-9;;/h2*5-8H,9H2,1-4H3;5-8H,1-4H3;2*6-7,10H,8H2,1-5H3;2*8-9H,5-7H2,1-4H3;2*7,9H,5-6H2,1-4H3;9-12H,3-8H2,1-2H3;2*1H. The Labute approximate surface area is 907 Å². The molecule has 2 fully saturated rings. The lowest BCUT2D eigenvalue weighted by Gasteiger charge is -2.40. The van der Waals surface area contributed by atoms with Crippen LogP contribution in [-0.4, -0.2) is 12.2 Å². The lowest BCUT2D eigenvalue weighted by atomic mass is 9.65. The van der Waals surface area contributed by atoms with Gasteiger partial charge in [-0.25, -0.2) is 0 Å². The molecule has 149 heavy (non-hydrogen) atoms. The van der Waals surface area contributed by atoms with Gasteiger partial charge < -0.3 is 23.4 Å². The van der Waals surface area contributed by atoms with Crippen molar-refractivity contribution in [1.82, 2.24) is 0 Å². The first kappa shape index (κ1) is 114. The molecule has 6 aliphatic carbocycles. The molecule has 2 saturated carbocycles. The molecule has 10 atom stereocenters. The molecule has 1 aromatic heterocycles. The first-order chi connectivity index (χ1) is 70.3. The maximum atomic E-state index is 6.08. The maximum absolute atomic E-state index is 6.08. The van der Waals surface area contributed by atoms with Crippen LogP contribution in [-0.2, 0) is 75.4 Å². The summed E-state index contributed by atoms with van der Waals surface area (Å²) in [6.45, 7) is 90.9. The molecular weight excluding hydrogens is 1810 g/mol. The highest BCUT2D eigenvalue weighted by Gasteiger charge is 2.40. The molecule has 5 heteroatoms. The molecule has 0 radical (unpaired) electrons. The second-order valence-corrected chi connectivity index (χ2v) is 50.0. The van der Waals surface area contributed by atoms with E-state index in [4.69, 9.17) is 23.4 Å². The molecular formula is C144H194O5. The molecule has 12 aromatic carbocycles. The predicted octanol–water partition coefficient (Wildman–Crippen LogP) is 39.8. The Morgan fingerprint density at radius 3 is 0.886 bits per heavy atom. The number of furan rings is 1. The van der Waals surface area contributed by atoms with Gasteiger partial charge in [0.2, 0.25) is 0 Å². The molecule has 10 aliphatic rings.